The van der Waals surface area contributed by atoms with Gasteiger partial charge >= 0.3 is 11.3 Å². The number of anilines is 6. The lowest BCUT2D eigenvalue weighted by Gasteiger charge is -2.38. The molecule has 0 atom stereocenters. The summed E-state index contributed by atoms with van der Waals surface area (Å²) in [6.07, 6.45) is 22.2. The summed E-state index contributed by atoms with van der Waals surface area (Å²) in [5.41, 5.74) is 2.07. The molecule has 0 unspecified atom stereocenters. The van der Waals surface area contributed by atoms with Crippen molar-refractivity contribution in [3.63, 3.8) is 0 Å². The second-order valence-corrected chi connectivity index (χ2v) is 24.4. The molecule has 454 valence electrons. The first-order valence-electron chi connectivity index (χ1n) is 28.7. The van der Waals surface area contributed by atoms with E-state index in [0.29, 0.717) is 96.4 Å². The first-order chi connectivity index (χ1) is 40.6. The van der Waals surface area contributed by atoms with Gasteiger partial charge in [0.25, 0.3) is 0 Å². The fourth-order valence-corrected chi connectivity index (χ4v) is 10.6. The molecule has 6 aromatic heterocycles. The van der Waals surface area contributed by atoms with Gasteiger partial charge in [0.1, 0.15) is 15.7 Å². The van der Waals surface area contributed by atoms with Crippen molar-refractivity contribution in [2.75, 3.05) is 50.0 Å². The third-order valence-electron chi connectivity index (χ3n) is 15.9. The zero-order valence-corrected chi connectivity index (χ0v) is 51.6. The number of nitrogens with zero attached hydrogens (tertiary/aromatic N) is 15. The molecule has 4 aliphatic rings. The van der Waals surface area contributed by atoms with Crippen LogP contribution in [0.5, 0.6) is 17.6 Å². The maximum atomic E-state index is 13.6. The molecular weight excluding hydrogens is 1130 g/mol. The van der Waals surface area contributed by atoms with Crippen molar-refractivity contribution in [1.82, 2.24) is 59.2 Å². The Balaban J connectivity index is 0.000000166. The number of ether oxygens (including phenoxy) is 5. The number of halogens is 3. The van der Waals surface area contributed by atoms with Gasteiger partial charge in [-0.15, -0.1) is 0 Å². The highest BCUT2D eigenvalue weighted by Crippen LogP contribution is 2.41. The van der Waals surface area contributed by atoms with Gasteiger partial charge in [0.2, 0.25) is 41.5 Å². The Morgan fingerprint density at radius 1 is 0.624 bits per heavy atom. The number of hydrogen-bond donors (Lipinski definition) is 3. The Kier molecular flexibility index (Phi) is 21.1. The van der Waals surface area contributed by atoms with E-state index in [1.807, 2.05) is 45.5 Å². The summed E-state index contributed by atoms with van der Waals surface area (Å²) in [7, 11) is 3.55. The van der Waals surface area contributed by atoms with E-state index in [-0.39, 0.29) is 23.9 Å². The smallest absolute Gasteiger partial charge is 0.319 e. The van der Waals surface area contributed by atoms with Crippen LogP contribution in [0.25, 0.3) is 14.5 Å². The molecule has 6 aromatic rings. The van der Waals surface area contributed by atoms with Crippen molar-refractivity contribution in [2.24, 2.45) is 17.8 Å². The standard InChI is InChI=1S/C20H27ClN6O2.C20H28N6O2.C19H22ClFN6O/c1-13-17(11-27(26-13)20(2,3)22-4)24-19-23-10-16(21)18(25-19)29-12-14-6-8-15(28-5)9-7-14;1-14-17(12-26(25-14)20(2,3)21-4)23-19-22-11-10-18(24-19)28-13-15-6-8-16(27-5)9-7-15;1-11-16(9-27(26-11)14-4-13(5-14)22-3)24-18-23-8-15(20)17(25-18)28-10-12-6-19(2,21)7-12/h10-11,14-15H,6-9,12H2,1-3,5H3,(H,23,24,25);10-12,15-16H,6-9,13H2,1-3,5H3,(H,22,23,24);8-9,12-14H,4-7,10H2,1-2H3,(H,23,24,25). The molecule has 85 heavy (non-hydrogen) atoms. The summed E-state index contributed by atoms with van der Waals surface area (Å²) in [5, 5.41) is 23.5. The average molecular weight is 1210 g/mol. The minimum atomic E-state index is -1.08. The van der Waals surface area contributed by atoms with Gasteiger partial charge in [-0.25, -0.2) is 39.1 Å². The maximum absolute atomic E-state index is 13.6. The van der Waals surface area contributed by atoms with Crippen LogP contribution in [-0.2, 0) is 20.8 Å². The molecule has 4 saturated carbocycles. The third-order valence-corrected chi connectivity index (χ3v) is 16.4. The molecule has 3 N–H and O–H groups in total. The highest BCUT2D eigenvalue weighted by Gasteiger charge is 2.41. The molecule has 4 fully saturated rings. The van der Waals surface area contributed by atoms with Crippen LogP contribution in [0.2, 0.25) is 10.0 Å². The van der Waals surface area contributed by atoms with Crippen molar-refractivity contribution >= 4 is 58.1 Å². The minimum absolute atomic E-state index is 0.108. The molecule has 0 amide bonds. The normalized spacial score (nSPS) is 22.7. The minimum Gasteiger partial charge on any atom is -0.477 e. The fourth-order valence-electron chi connectivity index (χ4n) is 10.3. The molecule has 4 aliphatic carbocycles. The van der Waals surface area contributed by atoms with Crippen molar-refractivity contribution in [2.45, 2.75) is 174 Å². The predicted molar refractivity (Wildman–Crippen MR) is 322 cm³/mol. The van der Waals surface area contributed by atoms with Crippen LogP contribution < -0.4 is 30.2 Å². The maximum Gasteiger partial charge on any atom is 0.319 e. The van der Waals surface area contributed by atoms with E-state index in [2.05, 4.69) is 75.7 Å². The van der Waals surface area contributed by atoms with Crippen molar-refractivity contribution in [3.8, 4) is 17.6 Å². The highest BCUT2D eigenvalue weighted by molar-refractivity contribution is 6.32. The molecule has 0 radical (unpaired) electrons. The zero-order chi connectivity index (χ0) is 61.1. The van der Waals surface area contributed by atoms with Crippen LogP contribution >= 0.6 is 23.2 Å². The molecule has 0 aliphatic heterocycles. The number of alkyl halides is 1. The number of rotatable bonds is 20. The Morgan fingerprint density at radius 2 is 1.06 bits per heavy atom. The summed E-state index contributed by atoms with van der Waals surface area (Å²) in [5.74, 6) is 3.57. The van der Waals surface area contributed by atoms with Gasteiger partial charge < -0.3 is 44.5 Å². The van der Waals surface area contributed by atoms with E-state index in [1.54, 1.807) is 69.0 Å². The van der Waals surface area contributed by atoms with Crippen LogP contribution in [-0.4, -0.2) is 117 Å². The number of aromatic nitrogens is 12. The molecule has 10 rings (SSSR count). The SMILES string of the molecule is [C-]#[N+]C(C)(C)n1cc(Nc2ncc(Cl)c(OCC3CCC(OC)CC3)n2)c(C)n1.[C-]#[N+]C(C)(C)n1cc(Nc2nccc(OCC3CCC(OC)CC3)n2)c(C)n1.[C-]#[N+]C1CC(n2cc(Nc3ncc(Cl)c(OCC4CC(C)(F)C4)n3)c(C)n2)C1. The molecular formula is C59H77Cl2FN18O5. The van der Waals surface area contributed by atoms with E-state index in [9.17, 15) is 4.39 Å². The molecule has 23 nitrogen and oxygen atoms in total. The quantitative estimate of drug-likeness (QED) is 0.0604. The first kappa shape index (κ1) is 63.6. The largest absolute Gasteiger partial charge is 0.477 e. The lowest BCUT2D eigenvalue weighted by Crippen LogP contribution is -2.39. The second kappa shape index (κ2) is 28.2. The molecule has 0 bridgehead atoms. The number of nitrogens with one attached hydrogen (secondary N) is 3. The summed E-state index contributed by atoms with van der Waals surface area (Å²) in [4.78, 5) is 36.7. The van der Waals surface area contributed by atoms with Gasteiger partial charge in [0, 0.05) is 73.2 Å². The average Bonchev–Trinajstić information content (AvgIpc) is 4.42. The van der Waals surface area contributed by atoms with E-state index < -0.39 is 17.0 Å². The first-order valence-corrected chi connectivity index (χ1v) is 29.5. The van der Waals surface area contributed by atoms with Gasteiger partial charge in [-0.3, -0.25) is 14.4 Å². The Bertz CT molecular complexity index is 3320. The van der Waals surface area contributed by atoms with Gasteiger partial charge in [-0.1, -0.05) is 23.2 Å². The van der Waals surface area contributed by atoms with Gasteiger partial charge in [-0.05, 0) is 110 Å². The second-order valence-electron chi connectivity index (χ2n) is 23.5. The predicted octanol–water partition coefficient (Wildman–Crippen LogP) is 13.0. The third kappa shape index (κ3) is 17.1. The fraction of sp³-hybridized carbons (Fsp3) is 0.593. The molecule has 0 spiro atoms. The van der Waals surface area contributed by atoms with Crippen LogP contribution in [0, 0.1) is 58.2 Å². The molecule has 26 heteroatoms. The number of hydrogen-bond acceptors (Lipinski definition) is 17. The monoisotopic (exact) mass is 1210 g/mol. The Morgan fingerprint density at radius 3 is 1.51 bits per heavy atom. The van der Waals surface area contributed by atoms with Crippen LogP contribution in [0.4, 0.5) is 39.3 Å². The summed E-state index contributed by atoms with van der Waals surface area (Å²) < 4.78 is 47.1. The summed E-state index contributed by atoms with van der Waals surface area (Å²) in [6.45, 7) is 37.8. The molecule has 0 aromatic carbocycles. The van der Waals surface area contributed by atoms with Gasteiger partial charge in [0.15, 0.2) is 0 Å². The lowest BCUT2D eigenvalue weighted by atomic mass is 9.74. The summed E-state index contributed by atoms with van der Waals surface area (Å²) in [6, 6.07) is 2.14. The van der Waals surface area contributed by atoms with E-state index in [4.69, 9.17) is 66.6 Å². The number of aryl methyl sites for hydroxylation is 3. The van der Waals surface area contributed by atoms with Crippen LogP contribution in [0.3, 0.4) is 0 Å². The Labute approximate surface area is 507 Å². The van der Waals surface area contributed by atoms with Crippen molar-refractivity contribution in [3.05, 3.63) is 105 Å². The topological polar surface area (TPSA) is 226 Å². The number of methoxy groups -OCH3 is 2. The highest BCUT2D eigenvalue weighted by atomic mass is 35.5. The summed E-state index contributed by atoms with van der Waals surface area (Å²) >= 11 is 12.4. The van der Waals surface area contributed by atoms with Crippen molar-refractivity contribution < 1.29 is 28.1 Å². The lowest BCUT2D eigenvalue weighted by molar-refractivity contribution is 0.00165. The van der Waals surface area contributed by atoms with Crippen LogP contribution in [0.1, 0.15) is 135 Å². The Hall–Kier alpha value is -7.43. The van der Waals surface area contributed by atoms with Crippen LogP contribution in [0.15, 0.2) is 43.2 Å². The van der Waals surface area contributed by atoms with Gasteiger partial charge in [0.05, 0.1) is 97.0 Å². The molecule has 6 heterocycles. The van der Waals surface area contributed by atoms with E-state index >= 15 is 0 Å². The molecule has 0 saturated heterocycles. The van der Waals surface area contributed by atoms with Gasteiger partial charge in [-0.2, -0.15) is 39.6 Å². The zero-order valence-electron chi connectivity index (χ0n) is 50.1. The van der Waals surface area contributed by atoms with E-state index in [1.165, 1.54) is 12.4 Å². The van der Waals surface area contributed by atoms with E-state index in [0.717, 1.165) is 98.4 Å². The van der Waals surface area contributed by atoms with Crippen molar-refractivity contribution in [1.29, 1.82) is 0 Å².